The number of carbonyl (C=O) groups is 1. The van der Waals surface area contributed by atoms with Crippen molar-refractivity contribution in [1.82, 2.24) is 4.98 Å². The second kappa shape index (κ2) is 7.22. The van der Waals surface area contributed by atoms with Gasteiger partial charge in [0.05, 0.1) is 24.4 Å². The number of esters is 1. The van der Waals surface area contributed by atoms with E-state index in [0.717, 1.165) is 22.9 Å². The first-order chi connectivity index (χ1) is 10.6. The largest absolute Gasteiger partial charge is 0.462 e. The van der Waals surface area contributed by atoms with Gasteiger partial charge in [-0.2, -0.15) is 0 Å². The number of rotatable bonds is 6. The Bertz CT molecular complexity index is 666. The third kappa shape index (κ3) is 3.20. The SMILES string of the molecule is CCOC(=O)c1cnc2c(C)cccc2c1N[C@H](CC)CO. The Balaban J connectivity index is 2.61. The van der Waals surface area contributed by atoms with Gasteiger partial charge in [0.1, 0.15) is 5.56 Å². The lowest BCUT2D eigenvalue weighted by molar-refractivity contribution is 0.0527. The second-order valence-corrected chi connectivity index (χ2v) is 5.17. The van der Waals surface area contributed by atoms with Crippen LogP contribution in [0.25, 0.3) is 10.9 Å². The molecule has 1 aromatic heterocycles. The molecule has 1 atom stereocenters. The van der Waals surface area contributed by atoms with Crippen LogP contribution in [0.4, 0.5) is 5.69 Å². The van der Waals surface area contributed by atoms with Gasteiger partial charge in [0.2, 0.25) is 0 Å². The Morgan fingerprint density at radius 3 is 2.82 bits per heavy atom. The fourth-order valence-corrected chi connectivity index (χ4v) is 2.37. The summed E-state index contributed by atoms with van der Waals surface area (Å²) < 4.78 is 5.12. The first-order valence-corrected chi connectivity index (χ1v) is 7.55. The van der Waals surface area contributed by atoms with Crippen LogP contribution in [-0.4, -0.2) is 35.3 Å². The zero-order chi connectivity index (χ0) is 16.1. The summed E-state index contributed by atoms with van der Waals surface area (Å²) >= 11 is 0. The van der Waals surface area contributed by atoms with E-state index in [9.17, 15) is 9.90 Å². The Morgan fingerprint density at radius 1 is 1.41 bits per heavy atom. The lowest BCUT2D eigenvalue weighted by atomic mass is 10.0. The third-order valence-corrected chi connectivity index (χ3v) is 3.66. The molecule has 0 saturated heterocycles. The van der Waals surface area contributed by atoms with Crippen molar-refractivity contribution in [2.24, 2.45) is 0 Å². The van der Waals surface area contributed by atoms with Crippen molar-refractivity contribution in [3.05, 3.63) is 35.5 Å². The Kier molecular flexibility index (Phi) is 5.33. The van der Waals surface area contributed by atoms with Gasteiger partial charge in [0.15, 0.2) is 0 Å². The minimum absolute atomic E-state index is 0.00556. The molecule has 5 heteroatoms. The molecule has 0 bridgehead atoms. The summed E-state index contributed by atoms with van der Waals surface area (Å²) in [5.74, 6) is -0.409. The van der Waals surface area contributed by atoms with E-state index in [1.54, 1.807) is 13.1 Å². The fraction of sp³-hybridized carbons (Fsp3) is 0.412. The molecule has 0 amide bonds. The van der Waals surface area contributed by atoms with E-state index < -0.39 is 5.97 Å². The number of benzene rings is 1. The monoisotopic (exact) mass is 302 g/mol. The van der Waals surface area contributed by atoms with Crippen LogP contribution in [-0.2, 0) is 4.74 Å². The van der Waals surface area contributed by atoms with E-state index in [1.807, 2.05) is 32.0 Å². The van der Waals surface area contributed by atoms with Gasteiger partial charge in [-0.3, -0.25) is 4.98 Å². The number of para-hydroxylation sites is 1. The maximum Gasteiger partial charge on any atom is 0.341 e. The molecule has 1 heterocycles. The van der Waals surface area contributed by atoms with Crippen LogP contribution in [0.5, 0.6) is 0 Å². The number of nitrogens with zero attached hydrogens (tertiary/aromatic N) is 1. The highest BCUT2D eigenvalue weighted by atomic mass is 16.5. The highest BCUT2D eigenvalue weighted by molar-refractivity contribution is 6.05. The highest BCUT2D eigenvalue weighted by Crippen LogP contribution is 2.29. The number of aromatic nitrogens is 1. The molecule has 2 rings (SSSR count). The zero-order valence-corrected chi connectivity index (χ0v) is 13.2. The Morgan fingerprint density at radius 2 is 2.18 bits per heavy atom. The lowest BCUT2D eigenvalue weighted by Gasteiger charge is -2.20. The van der Waals surface area contributed by atoms with Crippen LogP contribution < -0.4 is 5.32 Å². The molecule has 1 aromatic carbocycles. The minimum atomic E-state index is -0.409. The standard InChI is InChI=1S/C17H22N2O3/c1-4-12(10-20)19-16-13-8-6-7-11(3)15(13)18-9-14(16)17(21)22-5-2/h6-9,12,20H,4-5,10H2,1-3H3,(H,18,19)/t12-/m1/s1. The van der Waals surface area contributed by atoms with E-state index >= 15 is 0 Å². The van der Waals surface area contributed by atoms with Gasteiger partial charge >= 0.3 is 5.97 Å². The maximum atomic E-state index is 12.2. The number of aryl methyl sites for hydroxylation is 1. The number of ether oxygens (including phenoxy) is 1. The quantitative estimate of drug-likeness (QED) is 0.803. The Hall–Kier alpha value is -2.14. The van der Waals surface area contributed by atoms with Crippen molar-refractivity contribution in [3.8, 4) is 0 Å². The van der Waals surface area contributed by atoms with Crippen molar-refractivity contribution in [3.63, 3.8) is 0 Å². The number of aliphatic hydroxyl groups is 1. The van der Waals surface area contributed by atoms with Crippen molar-refractivity contribution in [2.75, 3.05) is 18.5 Å². The molecule has 2 N–H and O–H groups in total. The van der Waals surface area contributed by atoms with Crippen LogP contribution in [0.15, 0.2) is 24.4 Å². The van der Waals surface area contributed by atoms with Crippen molar-refractivity contribution >= 4 is 22.6 Å². The average Bonchev–Trinajstić information content (AvgIpc) is 2.53. The van der Waals surface area contributed by atoms with Crippen molar-refractivity contribution < 1.29 is 14.6 Å². The lowest BCUT2D eigenvalue weighted by Crippen LogP contribution is -2.24. The van der Waals surface area contributed by atoms with Gasteiger partial charge in [-0.25, -0.2) is 4.79 Å². The molecular weight excluding hydrogens is 280 g/mol. The van der Waals surface area contributed by atoms with E-state index in [0.29, 0.717) is 17.9 Å². The highest BCUT2D eigenvalue weighted by Gasteiger charge is 2.19. The van der Waals surface area contributed by atoms with Crippen LogP contribution in [0.1, 0.15) is 36.2 Å². The maximum absolute atomic E-state index is 12.2. The number of hydrogen-bond acceptors (Lipinski definition) is 5. The summed E-state index contributed by atoms with van der Waals surface area (Å²) in [5, 5.41) is 13.6. The average molecular weight is 302 g/mol. The molecule has 0 fully saturated rings. The van der Waals surface area contributed by atoms with Crippen LogP contribution in [0.2, 0.25) is 0 Å². The van der Waals surface area contributed by atoms with Gasteiger partial charge in [0, 0.05) is 17.6 Å². The minimum Gasteiger partial charge on any atom is -0.462 e. The third-order valence-electron chi connectivity index (χ3n) is 3.66. The topological polar surface area (TPSA) is 71.5 Å². The summed E-state index contributed by atoms with van der Waals surface area (Å²) in [4.78, 5) is 16.6. The number of carbonyl (C=O) groups excluding carboxylic acids is 1. The molecule has 0 radical (unpaired) electrons. The van der Waals surface area contributed by atoms with E-state index in [2.05, 4.69) is 10.3 Å². The summed E-state index contributed by atoms with van der Waals surface area (Å²) in [6.45, 7) is 6.03. The summed E-state index contributed by atoms with van der Waals surface area (Å²) in [7, 11) is 0. The summed E-state index contributed by atoms with van der Waals surface area (Å²) in [6, 6.07) is 5.70. The predicted molar refractivity (Wildman–Crippen MR) is 87.2 cm³/mol. The van der Waals surface area contributed by atoms with Gasteiger partial charge < -0.3 is 15.2 Å². The molecule has 0 aliphatic carbocycles. The van der Waals surface area contributed by atoms with Gasteiger partial charge in [-0.15, -0.1) is 0 Å². The number of fused-ring (bicyclic) bond motifs is 1. The first kappa shape index (κ1) is 16.2. The first-order valence-electron chi connectivity index (χ1n) is 7.55. The second-order valence-electron chi connectivity index (χ2n) is 5.17. The molecule has 5 nitrogen and oxygen atoms in total. The number of aliphatic hydroxyl groups excluding tert-OH is 1. The normalized spacial score (nSPS) is 12.2. The van der Waals surface area contributed by atoms with Crippen molar-refractivity contribution in [2.45, 2.75) is 33.2 Å². The van der Waals surface area contributed by atoms with Crippen LogP contribution >= 0.6 is 0 Å². The molecule has 0 aliphatic rings. The van der Waals surface area contributed by atoms with E-state index in [-0.39, 0.29) is 12.6 Å². The molecule has 118 valence electrons. The molecule has 0 unspecified atom stereocenters. The molecular formula is C17H22N2O3. The number of anilines is 1. The van der Waals surface area contributed by atoms with E-state index in [4.69, 9.17) is 4.74 Å². The molecule has 2 aromatic rings. The number of hydrogen-bond donors (Lipinski definition) is 2. The smallest absolute Gasteiger partial charge is 0.341 e. The Labute approximate surface area is 130 Å². The number of nitrogens with one attached hydrogen (secondary N) is 1. The van der Waals surface area contributed by atoms with Crippen LogP contribution in [0.3, 0.4) is 0 Å². The molecule has 0 aliphatic heterocycles. The summed E-state index contributed by atoms with van der Waals surface area (Å²) in [5.41, 5.74) is 2.94. The molecule has 0 saturated carbocycles. The van der Waals surface area contributed by atoms with E-state index in [1.165, 1.54) is 0 Å². The van der Waals surface area contributed by atoms with Gasteiger partial charge in [-0.05, 0) is 25.8 Å². The molecule has 22 heavy (non-hydrogen) atoms. The van der Waals surface area contributed by atoms with Gasteiger partial charge in [-0.1, -0.05) is 25.1 Å². The summed E-state index contributed by atoms with van der Waals surface area (Å²) in [6.07, 6.45) is 2.29. The predicted octanol–water partition coefficient (Wildman–Crippen LogP) is 2.90. The van der Waals surface area contributed by atoms with Gasteiger partial charge in [0.25, 0.3) is 0 Å². The van der Waals surface area contributed by atoms with Crippen molar-refractivity contribution in [1.29, 1.82) is 0 Å². The number of pyridine rings is 1. The fourth-order valence-electron chi connectivity index (χ4n) is 2.37. The molecule has 0 spiro atoms. The zero-order valence-electron chi connectivity index (χ0n) is 13.2. The van der Waals surface area contributed by atoms with Crippen LogP contribution in [0, 0.1) is 6.92 Å².